The molecule has 1 heterocycles. The topological polar surface area (TPSA) is 44.2 Å². The van der Waals surface area contributed by atoms with Gasteiger partial charge in [-0.2, -0.15) is 27.5 Å². The highest BCUT2D eigenvalue weighted by atomic mass is 32.2. The Labute approximate surface area is 104 Å². The van der Waals surface area contributed by atoms with E-state index in [0.717, 1.165) is 17.8 Å². The Morgan fingerprint density at radius 3 is 2.06 bits per heavy atom. The van der Waals surface area contributed by atoms with E-state index in [-0.39, 0.29) is 5.16 Å². The first kappa shape index (κ1) is 14.6. The first-order valence-electron chi connectivity index (χ1n) is 4.53. The number of halogens is 4. The molecule has 0 aromatic carbocycles. The van der Waals surface area contributed by atoms with Gasteiger partial charge in [-0.15, -0.1) is 6.58 Å². The molecule has 0 spiro atoms. The van der Waals surface area contributed by atoms with Crippen LogP contribution in [0.4, 0.5) is 17.6 Å². The first-order chi connectivity index (χ1) is 8.51. The summed E-state index contributed by atoms with van der Waals surface area (Å²) >= 11 is 1.01. The van der Waals surface area contributed by atoms with Gasteiger partial charge in [0, 0.05) is 5.75 Å². The molecule has 0 saturated heterocycles. The van der Waals surface area contributed by atoms with Crippen molar-refractivity contribution in [1.82, 2.24) is 9.97 Å². The maximum absolute atomic E-state index is 12.0. The van der Waals surface area contributed by atoms with Crippen molar-refractivity contribution in [2.24, 2.45) is 0 Å². The number of hydrogen-bond donors (Lipinski definition) is 0. The van der Waals surface area contributed by atoms with E-state index in [1.807, 2.05) is 0 Å². The van der Waals surface area contributed by atoms with E-state index in [2.05, 4.69) is 26.0 Å². The molecule has 0 fully saturated rings. The number of nitrogens with zero attached hydrogens (tertiary/aromatic N) is 2. The summed E-state index contributed by atoms with van der Waals surface area (Å²) < 4.78 is 56.0. The summed E-state index contributed by atoms with van der Waals surface area (Å²) in [6.07, 6.45) is 1.52. The Balaban J connectivity index is 2.91. The third kappa shape index (κ3) is 5.21. The average molecular weight is 284 g/mol. The smallest absolute Gasteiger partial charge is 0.388 e. The van der Waals surface area contributed by atoms with Crippen LogP contribution in [0.15, 0.2) is 23.9 Å². The number of alkyl halides is 4. The van der Waals surface area contributed by atoms with Gasteiger partial charge in [0.2, 0.25) is 11.8 Å². The van der Waals surface area contributed by atoms with Crippen LogP contribution in [0, 0.1) is 0 Å². The van der Waals surface area contributed by atoms with Crippen LogP contribution in [0.2, 0.25) is 0 Å². The largest absolute Gasteiger partial charge is 0.417 e. The summed E-state index contributed by atoms with van der Waals surface area (Å²) in [5.74, 6) is -0.698. The zero-order chi connectivity index (χ0) is 13.5. The fraction of sp³-hybridized carbons (Fsp3) is 0.333. The highest BCUT2D eigenvalue weighted by Crippen LogP contribution is 2.24. The number of aromatic nitrogens is 2. The second kappa shape index (κ2) is 7.04. The molecule has 1 aromatic rings. The van der Waals surface area contributed by atoms with Gasteiger partial charge < -0.3 is 9.47 Å². The van der Waals surface area contributed by atoms with Gasteiger partial charge in [-0.25, -0.2) is 0 Å². The summed E-state index contributed by atoms with van der Waals surface area (Å²) in [6, 6.07) is 0.760. The molecular weight excluding hydrogens is 276 g/mol. The van der Waals surface area contributed by atoms with E-state index in [4.69, 9.17) is 0 Å². The van der Waals surface area contributed by atoms with Crippen molar-refractivity contribution < 1.29 is 27.0 Å². The van der Waals surface area contributed by atoms with Crippen LogP contribution >= 0.6 is 11.8 Å². The van der Waals surface area contributed by atoms with Crippen LogP contribution in [0.25, 0.3) is 0 Å². The molecule has 0 aliphatic rings. The minimum Gasteiger partial charge on any atom is -0.417 e. The molecule has 0 bridgehead atoms. The zero-order valence-corrected chi connectivity index (χ0v) is 9.67. The molecule has 4 nitrogen and oxygen atoms in total. The number of rotatable bonds is 7. The summed E-state index contributed by atoms with van der Waals surface area (Å²) in [5.41, 5.74) is 0. The van der Waals surface area contributed by atoms with E-state index < -0.39 is 25.0 Å². The second-order valence-corrected chi connectivity index (χ2v) is 3.67. The molecule has 1 rings (SSSR count). The van der Waals surface area contributed by atoms with Crippen molar-refractivity contribution in [1.29, 1.82) is 0 Å². The molecular formula is C9H8F4N2O2S. The summed E-state index contributed by atoms with van der Waals surface area (Å²) in [7, 11) is 0. The fourth-order valence-electron chi connectivity index (χ4n) is 0.885. The Kier molecular flexibility index (Phi) is 5.69. The number of thioether (sulfide) groups is 1. The Morgan fingerprint density at radius 2 is 1.67 bits per heavy atom. The molecule has 0 aliphatic carbocycles. The maximum atomic E-state index is 12.0. The second-order valence-electron chi connectivity index (χ2n) is 2.68. The van der Waals surface area contributed by atoms with Crippen LogP contribution in [-0.4, -0.2) is 28.9 Å². The van der Waals surface area contributed by atoms with Gasteiger partial charge in [0.1, 0.15) is 0 Å². The number of hydrogen-bond acceptors (Lipinski definition) is 5. The monoisotopic (exact) mass is 284 g/mol. The first-order valence-corrected chi connectivity index (χ1v) is 5.52. The normalized spacial score (nSPS) is 10.8. The lowest BCUT2D eigenvalue weighted by Crippen LogP contribution is -2.08. The van der Waals surface area contributed by atoms with Gasteiger partial charge in [-0.3, -0.25) is 0 Å². The molecule has 0 radical (unpaired) electrons. The third-order valence-electron chi connectivity index (χ3n) is 1.41. The number of ether oxygens (including phenoxy) is 2. The van der Waals surface area contributed by atoms with Gasteiger partial charge in [0.05, 0.1) is 6.07 Å². The van der Waals surface area contributed by atoms with Gasteiger partial charge in [-0.1, -0.05) is 17.8 Å². The Bertz CT molecular complexity index is 378. The lowest BCUT2D eigenvalue weighted by atomic mass is 10.6. The predicted molar refractivity (Wildman–Crippen MR) is 56.2 cm³/mol. The highest BCUT2D eigenvalue weighted by molar-refractivity contribution is 7.99. The van der Waals surface area contributed by atoms with Gasteiger partial charge in [0.25, 0.3) is 0 Å². The Morgan fingerprint density at radius 1 is 1.17 bits per heavy atom. The average Bonchev–Trinajstić information content (AvgIpc) is 2.24. The van der Waals surface area contributed by atoms with Crippen molar-refractivity contribution in [3.8, 4) is 11.8 Å². The van der Waals surface area contributed by atoms with Gasteiger partial charge in [-0.05, 0) is 0 Å². The van der Waals surface area contributed by atoms with Crippen LogP contribution < -0.4 is 9.47 Å². The molecule has 0 atom stereocenters. The zero-order valence-electron chi connectivity index (χ0n) is 8.85. The minimum absolute atomic E-state index is 0.0244. The van der Waals surface area contributed by atoms with Crippen molar-refractivity contribution in [3.05, 3.63) is 18.7 Å². The lowest BCUT2D eigenvalue weighted by Gasteiger charge is -2.08. The fourth-order valence-corrected chi connectivity index (χ4v) is 1.46. The van der Waals surface area contributed by atoms with Gasteiger partial charge >= 0.3 is 13.2 Å². The van der Waals surface area contributed by atoms with E-state index in [1.165, 1.54) is 6.08 Å². The van der Waals surface area contributed by atoms with E-state index in [0.29, 0.717) is 5.75 Å². The molecule has 18 heavy (non-hydrogen) atoms. The van der Waals surface area contributed by atoms with Crippen LogP contribution in [0.5, 0.6) is 11.8 Å². The standard InChI is InChI=1S/C9H8F4N2O2S/c1-2-3-18-9-14-5(16-7(10)11)4-6(15-9)17-8(12)13/h2,4,7-8H,1,3H2. The molecule has 0 amide bonds. The third-order valence-corrected chi connectivity index (χ3v) is 2.25. The molecule has 100 valence electrons. The van der Waals surface area contributed by atoms with Gasteiger partial charge in [0.15, 0.2) is 5.16 Å². The maximum Gasteiger partial charge on any atom is 0.388 e. The lowest BCUT2D eigenvalue weighted by molar-refractivity contribution is -0.0589. The summed E-state index contributed by atoms with van der Waals surface area (Å²) in [4.78, 5) is 7.19. The molecule has 0 aliphatic heterocycles. The van der Waals surface area contributed by atoms with Crippen LogP contribution in [-0.2, 0) is 0 Å². The van der Waals surface area contributed by atoms with E-state index in [9.17, 15) is 17.6 Å². The quantitative estimate of drug-likeness (QED) is 0.333. The molecule has 1 aromatic heterocycles. The SMILES string of the molecule is C=CCSc1nc(OC(F)F)cc(OC(F)F)n1. The molecule has 0 saturated carbocycles. The van der Waals surface area contributed by atoms with Crippen LogP contribution in [0.3, 0.4) is 0 Å². The molecule has 0 unspecified atom stereocenters. The van der Waals surface area contributed by atoms with E-state index >= 15 is 0 Å². The van der Waals surface area contributed by atoms with Crippen molar-refractivity contribution in [3.63, 3.8) is 0 Å². The highest BCUT2D eigenvalue weighted by Gasteiger charge is 2.13. The van der Waals surface area contributed by atoms with Crippen molar-refractivity contribution in [2.45, 2.75) is 18.4 Å². The summed E-state index contributed by atoms with van der Waals surface area (Å²) in [6.45, 7) is -2.79. The molecule has 9 heteroatoms. The predicted octanol–water partition coefficient (Wildman–Crippen LogP) is 2.96. The van der Waals surface area contributed by atoms with Crippen LogP contribution in [0.1, 0.15) is 0 Å². The van der Waals surface area contributed by atoms with E-state index in [1.54, 1.807) is 0 Å². The van der Waals surface area contributed by atoms with Crippen molar-refractivity contribution in [2.75, 3.05) is 5.75 Å². The van der Waals surface area contributed by atoms with Crippen molar-refractivity contribution >= 4 is 11.8 Å². The molecule has 0 N–H and O–H groups in total. The Hall–Kier alpha value is -1.51. The summed E-state index contributed by atoms with van der Waals surface area (Å²) in [5, 5.41) is -0.0244. The minimum atomic E-state index is -3.11.